The zero-order valence-corrected chi connectivity index (χ0v) is 22.1. The molecule has 1 aliphatic heterocycles. The predicted octanol–water partition coefficient (Wildman–Crippen LogP) is 0.319. The van der Waals surface area contributed by atoms with E-state index in [1.807, 2.05) is 0 Å². The van der Waals surface area contributed by atoms with Crippen molar-refractivity contribution in [3.05, 3.63) is 32.6 Å². The Labute approximate surface area is 205 Å². The zero-order valence-electron chi connectivity index (χ0n) is 19.6. The van der Waals surface area contributed by atoms with Crippen molar-refractivity contribution >= 4 is 35.1 Å². The van der Waals surface area contributed by atoms with Crippen LogP contribution in [0.1, 0.15) is 39.0 Å². The number of aliphatic hydroxyl groups is 1. The molecule has 194 valence electrons. The van der Waals surface area contributed by atoms with Crippen LogP contribution >= 0.6 is 29.2 Å². The molecule has 1 aromatic rings. The Morgan fingerprint density at radius 3 is 2.76 bits per heavy atom. The molecule has 1 aromatic heterocycles. The van der Waals surface area contributed by atoms with Crippen molar-refractivity contribution in [1.82, 2.24) is 14.9 Å². The molecule has 2 heterocycles. The van der Waals surface area contributed by atoms with Crippen LogP contribution in [0.15, 0.2) is 15.8 Å². The van der Waals surface area contributed by atoms with Gasteiger partial charge in [-0.1, -0.05) is 42.4 Å². The lowest BCUT2D eigenvalue weighted by atomic mass is 10.2. The number of carbonyl (C=O) groups is 1. The number of nitrogens with zero attached hydrogens (tertiary/aromatic N) is 1. The summed E-state index contributed by atoms with van der Waals surface area (Å²) in [4.78, 5) is 48.4. The number of hydrogen-bond donors (Lipinski definition) is 5. The highest BCUT2D eigenvalue weighted by atomic mass is 33.1. The number of nitrogens with one attached hydrogen (secondary N) is 2. The maximum atomic E-state index is 12.8. The van der Waals surface area contributed by atoms with Crippen molar-refractivity contribution < 1.29 is 28.6 Å². The van der Waals surface area contributed by atoms with Gasteiger partial charge in [0.1, 0.15) is 6.23 Å². The molecular weight excluding hydrogens is 507 g/mol. The van der Waals surface area contributed by atoms with Crippen LogP contribution in [0.3, 0.4) is 0 Å². The van der Waals surface area contributed by atoms with Crippen molar-refractivity contribution in [1.29, 1.82) is 0 Å². The van der Waals surface area contributed by atoms with Gasteiger partial charge in [-0.15, -0.1) is 0 Å². The van der Waals surface area contributed by atoms with Gasteiger partial charge in [0.15, 0.2) is 0 Å². The minimum Gasteiger partial charge on any atom is -0.394 e. The molecule has 1 fully saturated rings. The smallest absolute Gasteiger partial charge is 0.334 e. The van der Waals surface area contributed by atoms with E-state index in [4.69, 9.17) is 15.0 Å². The van der Waals surface area contributed by atoms with Crippen LogP contribution < -0.4 is 22.3 Å². The fraction of sp³-hybridized carbons (Fsp3) is 0.737. The van der Waals surface area contributed by atoms with Crippen molar-refractivity contribution in [3.63, 3.8) is 0 Å². The third-order valence-electron chi connectivity index (χ3n) is 4.83. The Morgan fingerprint density at radius 2 is 2.15 bits per heavy atom. The Hall–Kier alpha value is -1.12. The van der Waals surface area contributed by atoms with E-state index in [2.05, 4.69) is 31.1 Å². The zero-order chi connectivity index (χ0) is 25.7. The van der Waals surface area contributed by atoms with Gasteiger partial charge < -0.3 is 30.3 Å². The van der Waals surface area contributed by atoms with Crippen molar-refractivity contribution in [2.45, 2.75) is 62.9 Å². The highest BCUT2D eigenvalue weighted by Gasteiger charge is 2.47. The van der Waals surface area contributed by atoms with Crippen LogP contribution in [0.5, 0.6) is 0 Å². The van der Waals surface area contributed by atoms with Crippen molar-refractivity contribution in [2.75, 3.05) is 25.5 Å². The van der Waals surface area contributed by atoms with Crippen LogP contribution in [0.2, 0.25) is 0 Å². The third-order valence-corrected chi connectivity index (χ3v) is 10.1. The topological polar surface area (TPSA) is 186 Å². The van der Waals surface area contributed by atoms with E-state index < -0.39 is 55.4 Å². The van der Waals surface area contributed by atoms with E-state index in [9.17, 15) is 28.9 Å². The summed E-state index contributed by atoms with van der Waals surface area (Å²) in [6.45, 7) is 6.81. The first-order chi connectivity index (χ1) is 15.7. The molecule has 12 nitrogen and oxygen atoms in total. The second-order valence-electron chi connectivity index (χ2n) is 8.87. The Balaban J connectivity index is 1.89. The SMILES string of the molecule is Cc1cn([C@H]2C[C@H](P(=O)(O)OCCNC(=O)[C@@H](N)CSSC(C)(C)C)[C@@H](CO)O2)c(=O)[nH]c1=O. The van der Waals surface area contributed by atoms with Crippen LogP contribution in [-0.2, 0) is 18.6 Å². The van der Waals surface area contributed by atoms with Gasteiger partial charge >= 0.3 is 13.3 Å². The number of aliphatic hydroxyl groups excluding tert-OH is 1. The van der Waals surface area contributed by atoms with Gasteiger partial charge in [0.05, 0.1) is 31.0 Å². The normalized spacial score (nSPS) is 23.4. The largest absolute Gasteiger partial charge is 0.394 e. The molecule has 15 heteroatoms. The number of carbonyl (C=O) groups excluding carboxylic acids is 1. The average Bonchev–Trinajstić information content (AvgIpc) is 3.18. The summed E-state index contributed by atoms with van der Waals surface area (Å²) < 4.78 is 24.7. The summed E-state index contributed by atoms with van der Waals surface area (Å²) in [5, 5.41) is 12.2. The molecule has 0 spiro atoms. The minimum absolute atomic E-state index is 0.0342. The fourth-order valence-electron chi connectivity index (χ4n) is 3.13. The van der Waals surface area contributed by atoms with Gasteiger partial charge in [-0.3, -0.25) is 23.7 Å². The molecule has 1 amide bonds. The van der Waals surface area contributed by atoms with Crippen LogP contribution in [0, 0.1) is 6.92 Å². The molecule has 0 aliphatic carbocycles. The van der Waals surface area contributed by atoms with E-state index in [-0.39, 0.29) is 29.9 Å². The van der Waals surface area contributed by atoms with Gasteiger partial charge in [-0.2, -0.15) is 0 Å². The molecule has 1 aliphatic rings. The molecule has 0 bridgehead atoms. The number of rotatable bonds is 11. The van der Waals surface area contributed by atoms with Crippen LogP contribution in [0.4, 0.5) is 0 Å². The lowest BCUT2D eigenvalue weighted by Gasteiger charge is -2.22. The highest BCUT2D eigenvalue weighted by Crippen LogP contribution is 2.55. The number of aromatic amines is 1. The quantitative estimate of drug-likeness (QED) is 0.148. The lowest BCUT2D eigenvalue weighted by molar-refractivity contribution is -0.122. The molecule has 0 radical (unpaired) electrons. The summed E-state index contributed by atoms with van der Waals surface area (Å²) in [5.41, 5.74) is 3.75. The maximum absolute atomic E-state index is 12.8. The van der Waals surface area contributed by atoms with Gasteiger partial charge in [-0.25, -0.2) is 4.79 Å². The molecule has 6 N–H and O–H groups in total. The van der Waals surface area contributed by atoms with E-state index in [1.165, 1.54) is 23.9 Å². The fourth-order valence-corrected chi connectivity index (χ4v) is 7.13. The summed E-state index contributed by atoms with van der Waals surface area (Å²) in [5.74, 6) is 0.0130. The first kappa shape index (κ1) is 29.1. The van der Waals surface area contributed by atoms with Crippen LogP contribution in [0.25, 0.3) is 0 Å². The lowest BCUT2D eigenvalue weighted by Crippen LogP contribution is -2.43. The number of aryl methyl sites for hydroxylation is 1. The molecule has 1 unspecified atom stereocenters. The summed E-state index contributed by atoms with van der Waals surface area (Å²) >= 11 is 0. The number of nitrogens with two attached hydrogens (primary N) is 1. The highest BCUT2D eigenvalue weighted by molar-refractivity contribution is 8.77. The molecule has 1 saturated heterocycles. The second kappa shape index (κ2) is 12.2. The molecule has 2 rings (SSSR count). The molecule has 0 aromatic carbocycles. The number of hydrogen-bond acceptors (Lipinski definition) is 10. The van der Waals surface area contributed by atoms with Crippen molar-refractivity contribution in [3.8, 4) is 0 Å². The number of H-pyrrole nitrogens is 1. The maximum Gasteiger partial charge on any atom is 0.334 e. The molecule has 34 heavy (non-hydrogen) atoms. The summed E-state index contributed by atoms with van der Waals surface area (Å²) in [6, 6.07) is -0.734. The standard InChI is InChI=1S/C19H33N4O8PS2/c1-11-8-23(18(27)22-16(11)25)15-7-14(13(9-24)31-15)32(28,29)30-6-5-21-17(26)12(20)10-33-34-19(2,3)4/h8,12-15,24H,5-7,9-10,20H2,1-4H3,(H,21,26)(H,28,29)(H,22,25,27)/t12-,13+,14-,15+/m0/s1. The first-order valence-electron chi connectivity index (χ1n) is 10.6. The number of ether oxygens (including phenoxy) is 1. The van der Waals surface area contributed by atoms with Crippen LogP contribution in [-0.4, -0.2) is 73.5 Å². The van der Waals surface area contributed by atoms with Gasteiger partial charge in [-0.05, 0) is 6.92 Å². The predicted molar refractivity (Wildman–Crippen MR) is 132 cm³/mol. The van der Waals surface area contributed by atoms with E-state index in [0.29, 0.717) is 5.75 Å². The molecule has 0 saturated carbocycles. The minimum atomic E-state index is -4.29. The van der Waals surface area contributed by atoms with Crippen molar-refractivity contribution in [2.24, 2.45) is 5.73 Å². The van der Waals surface area contributed by atoms with Gasteiger partial charge in [0.2, 0.25) is 5.91 Å². The summed E-state index contributed by atoms with van der Waals surface area (Å²) in [7, 11) is -1.18. The second-order valence-corrected chi connectivity index (χ2v) is 14.1. The molecule has 5 atom stereocenters. The van der Waals surface area contributed by atoms with E-state index >= 15 is 0 Å². The Kier molecular flexibility index (Phi) is 10.5. The Morgan fingerprint density at radius 1 is 1.47 bits per heavy atom. The first-order valence-corrected chi connectivity index (χ1v) is 14.6. The van der Waals surface area contributed by atoms with Gasteiger partial charge in [0, 0.05) is 35.2 Å². The molecular formula is C19H33N4O8PS2. The third kappa shape index (κ3) is 8.23. The Bertz CT molecular complexity index is 1010. The number of amides is 1. The monoisotopic (exact) mass is 540 g/mol. The van der Waals surface area contributed by atoms with E-state index in [0.717, 1.165) is 4.57 Å². The van der Waals surface area contributed by atoms with Gasteiger partial charge in [0.25, 0.3) is 5.56 Å². The summed E-state index contributed by atoms with van der Waals surface area (Å²) in [6.07, 6.45) is -0.816. The average molecular weight is 541 g/mol. The number of aromatic nitrogens is 2. The van der Waals surface area contributed by atoms with E-state index in [1.54, 1.807) is 10.8 Å².